The molecule has 0 unspecified atom stereocenters. The van der Waals surface area contributed by atoms with Crippen LogP contribution in [0.25, 0.3) is 0 Å². The van der Waals surface area contributed by atoms with Gasteiger partial charge in [0.05, 0.1) is 6.61 Å². The second-order valence-corrected chi connectivity index (χ2v) is 5.75. The Balaban J connectivity index is 1.73. The van der Waals surface area contributed by atoms with Crippen LogP contribution < -0.4 is 10.1 Å². The van der Waals surface area contributed by atoms with Gasteiger partial charge in [-0.3, -0.25) is 0 Å². The molecule has 0 radical (unpaired) electrons. The predicted molar refractivity (Wildman–Crippen MR) is 82.3 cm³/mol. The first-order valence-electron chi connectivity index (χ1n) is 7.06. The smallest absolute Gasteiger partial charge is 0.127 e. The summed E-state index contributed by atoms with van der Waals surface area (Å²) in [4.78, 5) is 0. The second kappa shape index (κ2) is 6.04. The molecule has 0 fully saturated rings. The summed E-state index contributed by atoms with van der Waals surface area (Å²) >= 11 is 6.15. The number of benzene rings is 2. The fourth-order valence-corrected chi connectivity index (χ4v) is 2.90. The molecule has 110 valence electrons. The Bertz CT molecular complexity index is 659. The molecule has 0 spiro atoms. The number of nitrogens with one attached hydrogen (secondary N) is 1. The van der Waals surface area contributed by atoms with Crippen molar-refractivity contribution in [3.8, 4) is 5.75 Å². The maximum atomic E-state index is 13.3. The fourth-order valence-electron chi connectivity index (χ4n) is 2.63. The largest absolute Gasteiger partial charge is 0.493 e. The van der Waals surface area contributed by atoms with Gasteiger partial charge in [-0.15, -0.1) is 0 Å². The van der Waals surface area contributed by atoms with Crippen molar-refractivity contribution in [2.75, 3.05) is 6.61 Å². The molecule has 1 aliphatic rings. The fraction of sp³-hybridized carbons (Fsp3) is 0.294. The highest BCUT2D eigenvalue weighted by atomic mass is 35.5. The lowest BCUT2D eigenvalue weighted by Gasteiger charge is -2.16. The van der Waals surface area contributed by atoms with Crippen molar-refractivity contribution in [3.63, 3.8) is 0 Å². The quantitative estimate of drug-likeness (QED) is 0.911. The van der Waals surface area contributed by atoms with Crippen molar-refractivity contribution in [2.24, 2.45) is 0 Å². The molecule has 0 saturated carbocycles. The summed E-state index contributed by atoms with van der Waals surface area (Å²) < 4.78 is 18.9. The van der Waals surface area contributed by atoms with Crippen molar-refractivity contribution in [3.05, 3.63) is 63.9 Å². The van der Waals surface area contributed by atoms with Crippen LogP contribution in [0.1, 0.15) is 29.7 Å². The highest BCUT2D eigenvalue weighted by molar-refractivity contribution is 6.30. The van der Waals surface area contributed by atoms with Crippen LogP contribution in [0, 0.1) is 5.82 Å². The number of hydrogen-bond acceptors (Lipinski definition) is 2. The zero-order valence-electron chi connectivity index (χ0n) is 11.8. The summed E-state index contributed by atoms with van der Waals surface area (Å²) in [7, 11) is 0. The van der Waals surface area contributed by atoms with E-state index in [1.54, 1.807) is 12.1 Å². The Labute approximate surface area is 128 Å². The van der Waals surface area contributed by atoms with E-state index in [-0.39, 0.29) is 11.9 Å². The summed E-state index contributed by atoms with van der Waals surface area (Å²) in [6.45, 7) is 3.36. The molecule has 1 N–H and O–H groups in total. The predicted octanol–water partition coefficient (Wildman–Crippen LogP) is 4.26. The van der Waals surface area contributed by atoms with Gasteiger partial charge in [0.15, 0.2) is 0 Å². The molecule has 1 heterocycles. The first kappa shape index (κ1) is 14.4. The van der Waals surface area contributed by atoms with E-state index < -0.39 is 0 Å². The second-order valence-electron chi connectivity index (χ2n) is 5.31. The summed E-state index contributed by atoms with van der Waals surface area (Å²) in [5, 5.41) is 4.13. The summed E-state index contributed by atoms with van der Waals surface area (Å²) in [6, 6.07) is 10.6. The van der Waals surface area contributed by atoms with Crippen LogP contribution in [0.15, 0.2) is 36.4 Å². The van der Waals surface area contributed by atoms with Gasteiger partial charge in [-0.25, -0.2) is 4.39 Å². The molecule has 1 atom stereocenters. The topological polar surface area (TPSA) is 21.3 Å². The molecule has 0 amide bonds. The minimum atomic E-state index is -0.215. The van der Waals surface area contributed by atoms with Crippen molar-refractivity contribution in [2.45, 2.75) is 25.9 Å². The highest BCUT2D eigenvalue weighted by Gasteiger charge is 2.18. The molecule has 2 aromatic carbocycles. The Morgan fingerprint density at radius 3 is 3.00 bits per heavy atom. The summed E-state index contributed by atoms with van der Waals surface area (Å²) in [6.07, 6.45) is 0.905. The Hall–Kier alpha value is -1.58. The van der Waals surface area contributed by atoms with Gasteiger partial charge in [0, 0.05) is 29.6 Å². The van der Waals surface area contributed by atoms with Gasteiger partial charge >= 0.3 is 0 Å². The van der Waals surface area contributed by atoms with Crippen molar-refractivity contribution in [1.29, 1.82) is 0 Å². The number of fused-ring (bicyclic) bond motifs is 1. The molecule has 4 heteroatoms. The summed E-state index contributed by atoms with van der Waals surface area (Å²) in [5.41, 5.74) is 3.14. The van der Waals surface area contributed by atoms with Gasteiger partial charge in [-0.2, -0.15) is 0 Å². The number of halogens is 2. The van der Waals surface area contributed by atoms with Crippen LogP contribution in [0.5, 0.6) is 5.75 Å². The Morgan fingerprint density at radius 1 is 1.33 bits per heavy atom. The van der Waals surface area contributed by atoms with E-state index in [2.05, 4.69) is 5.32 Å². The molecule has 21 heavy (non-hydrogen) atoms. The van der Waals surface area contributed by atoms with E-state index in [0.717, 1.165) is 33.9 Å². The van der Waals surface area contributed by atoms with Crippen LogP contribution in [-0.4, -0.2) is 6.61 Å². The van der Waals surface area contributed by atoms with E-state index in [4.69, 9.17) is 16.3 Å². The molecule has 0 bridgehead atoms. The van der Waals surface area contributed by atoms with Gasteiger partial charge in [-0.1, -0.05) is 23.7 Å². The third-order valence-corrected chi connectivity index (χ3v) is 3.99. The average Bonchev–Trinajstić information content (AvgIpc) is 2.92. The maximum Gasteiger partial charge on any atom is 0.127 e. The summed E-state index contributed by atoms with van der Waals surface area (Å²) in [5.74, 6) is 0.728. The SMILES string of the molecule is C[C@@H](NCc1cc(Cl)cc2c1OCC2)c1cccc(F)c1. The van der Waals surface area contributed by atoms with Crippen LogP contribution in [0.2, 0.25) is 5.02 Å². The highest BCUT2D eigenvalue weighted by Crippen LogP contribution is 2.33. The third kappa shape index (κ3) is 3.20. The van der Waals surface area contributed by atoms with Gasteiger partial charge in [0.2, 0.25) is 0 Å². The first-order chi connectivity index (χ1) is 10.1. The average molecular weight is 306 g/mol. The molecule has 2 nitrogen and oxygen atoms in total. The van der Waals surface area contributed by atoms with Gasteiger partial charge in [0.1, 0.15) is 11.6 Å². The molecule has 0 aromatic heterocycles. The van der Waals surface area contributed by atoms with E-state index in [0.29, 0.717) is 13.2 Å². The van der Waals surface area contributed by atoms with Crippen LogP contribution in [-0.2, 0) is 13.0 Å². The first-order valence-corrected chi connectivity index (χ1v) is 7.44. The Kier molecular flexibility index (Phi) is 4.13. The minimum Gasteiger partial charge on any atom is -0.493 e. The number of ether oxygens (including phenoxy) is 1. The molecule has 1 aliphatic heterocycles. The molecule has 3 rings (SSSR count). The molecule has 0 saturated heterocycles. The van der Waals surface area contributed by atoms with E-state index in [1.165, 1.54) is 6.07 Å². The lowest BCUT2D eigenvalue weighted by Crippen LogP contribution is -2.18. The lowest BCUT2D eigenvalue weighted by atomic mass is 10.1. The van der Waals surface area contributed by atoms with Crippen LogP contribution in [0.4, 0.5) is 4.39 Å². The van der Waals surface area contributed by atoms with E-state index in [9.17, 15) is 4.39 Å². The van der Waals surface area contributed by atoms with Gasteiger partial charge in [0.25, 0.3) is 0 Å². The normalized spacial score (nSPS) is 14.6. The molecular weight excluding hydrogens is 289 g/mol. The number of hydrogen-bond donors (Lipinski definition) is 1. The minimum absolute atomic E-state index is 0.0525. The Morgan fingerprint density at radius 2 is 2.19 bits per heavy atom. The van der Waals surface area contributed by atoms with Crippen molar-refractivity contribution < 1.29 is 9.13 Å². The maximum absolute atomic E-state index is 13.3. The molecule has 0 aliphatic carbocycles. The standard InChI is InChI=1S/C17H17ClFNO/c1-11(12-3-2-4-16(19)9-12)20-10-14-8-15(18)7-13-5-6-21-17(13)14/h2-4,7-9,11,20H,5-6,10H2,1H3/t11-/m1/s1. The molecular formula is C17H17ClFNO. The molecule has 2 aromatic rings. The van der Waals surface area contributed by atoms with E-state index >= 15 is 0 Å². The zero-order chi connectivity index (χ0) is 14.8. The third-order valence-electron chi connectivity index (χ3n) is 3.77. The zero-order valence-corrected chi connectivity index (χ0v) is 12.6. The van der Waals surface area contributed by atoms with Gasteiger partial charge < -0.3 is 10.1 Å². The number of rotatable bonds is 4. The van der Waals surface area contributed by atoms with Crippen molar-refractivity contribution in [1.82, 2.24) is 5.32 Å². The van der Waals surface area contributed by atoms with Crippen molar-refractivity contribution >= 4 is 11.6 Å². The lowest BCUT2D eigenvalue weighted by molar-refractivity contribution is 0.351. The van der Waals surface area contributed by atoms with E-state index in [1.807, 2.05) is 25.1 Å². The van der Waals surface area contributed by atoms with Gasteiger partial charge in [-0.05, 0) is 42.3 Å². The van der Waals surface area contributed by atoms with Crippen LogP contribution >= 0.6 is 11.6 Å². The van der Waals surface area contributed by atoms with Crippen LogP contribution in [0.3, 0.4) is 0 Å². The monoisotopic (exact) mass is 305 g/mol.